The minimum absolute atomic E-state index is 0.178. The Morgan fingerprint density at radius 1 is 1.60 bits per heavy atom. The molecule has 0 fully saturated rings. The fourth-order valence-corrected chi connectivity index (χ4v) is 0.479. The Morgan fingerprint density at radius 3 is 2.40 bits per heavy atom. The molecule has 0 saturated carbocycles. The first-order valence-electron chi connectivity index (χ1n) is 3.21. The average Bonchev–Trinajstić information content (AvgIpc) is 1.59. The van der Waals surface area contributed by atoms with Gasteiger partial charge in [0.15, 0.2) is 0 Å². The van der Waals surface area contributed by atoms with Gasteiger partial charge in [0.25, 0.3) is 0 Å². The Hall–Kier alpha value is -0.790. The molecular formula is C8H13O2. The van der Waals surface area contributed by atoms with Crippen molar-refractivity contribution in [2.75, 3.05) is 0 Å². The molecule has 0 rings (SSSR count). The molecule has 2 nitrogen and oxygen atoms in total. The first kappa shape index (κ1) is 9.21. The van der Waals surface area contributed by atoms with E-state index in [-0.39, 0.29) is 12.4 Å². The molecule has 0 aliphatic carbocycles. The van der Waals surface area contributed by atoms with Crippen LogP contribution >= 0.6 is 0 Å². The third-order valence-electron chi connectivity index (χ3n) is 0.705. The highest BCUT2D eigenvalue weighted by Gasteiger charge is 2.14. The normalized spacial score (nSPS) is 10.7. The standard InChI is InChI=1S/C8H13O2/c1-5-6-7(9)10-8(2,3)4/h1,5H,6H2,2-4H3. The molecule has 0 spiro atoms. The van der Waals surface area contributed by atoms with Gasteiger partial charge < -0.3 is 4.74 Å². The van der Waals surface area contributed by atoms with E-state index >= 15 is 0 Å². The maximum Gasteiger partial charge on any atom is 0.310 e. The summed E-state index contributed by atoms with van der Waals surface area (Å²) in [7, 11) is 0. The van der Waals surface area contributed by atoms with E-state index in [1.807, 2.05) is 20.8 Å². The van der Waals surface area contributed by atoms with Crippen molar-refractivity contribution in [3.63, 3.8) is 0 Å². The molecular weight excluding hydrogens is 128 g/mol. The molecule has 0 aromatic rings. The summed E-state index contributed by atoms with van der Waals surface area (Å²) in [6.07, 6.45) is 1.46. The molecule has 0 heterocycles. The zero-order valence-corrected chi connectivity index (χ0v) is 6.68. The van der Waals surface area contributed by atoms with Crippen molar-refractivity contribution in [2.45, 2.75) is 32.8 Å². The molecule has 0 aliphatic heterocycles. The second-order valence-corrected chi connectivity index (χ2v) is 3.03. The van der Waals surface area contributed by atoms with Crippen LogP contribution in [0.25, 0.3) is 0 Å². The van der Waals surface area contributed by atoms with Crippen LogP contribution in [0, 0.1) is 6.58 Å². The topological polar surface area (TPSA) is 26.3 Å². The number of carbonyl (C=O) groups is 1. The Balaban J connectivity index is 3.68. The van der Waals surface area contributed by atoms with E-state index in [2.05, 4.69) is 0 Å². The molecule has 0 amide bonds. The van der Waals surface area contributed by atoms with E-state index in [1.54, 1.807) is 0 Å². The van der Waals surface area contributed by atoms with Crippen molar-refractivity contribution >= 4 is 5.97 Å². The van der Waals surface area contributed by atoms with Gasteiger partial charge in [-0.2, -0.15) is 0 Å². The number of hydrogen-bond acceptors (Lipinski definition) is 2. The summed E-state index contributed by atoms with van der Waals surface area (Å²) in [6, 6.07) is 0. The summed E-state index contributed by atoms with van der Waals surface area (Å²) in [4.78, 5) is 10.7. The zero-order chi connectivity index (χ0) is 8.20. The molecule has 0 unspecified atom stereocenters. The highest BCUT2D eigenvalue weighted by atomic mass is 16.6. The van der Waals surface area contributed by atoms with Gasteiger partial charge in [-0.15, -0.1) is 0 Å². The predicted octanol–water partition coefficient (Wildman–Crippen LogP) is 1.71. The lowest BCUT2D eigenvalue weighted by Gasteiger charge is -2.18. The van der Waals surface area contributed by atoms with Crippen LogP contribution in [-0.4, -0.2) is 11.6 Å². The highest BCUT2D eigenvalue weighted by Crippen LogP contribution is 2.07. The number of ether oxygens (including phenoxy) is 1. The summed E-state index contributed by atoms with van der Waals surface area (Å²) >= 11 is 0. The maximum atomic E-state index is 10.7. The monoisotopic (exact) mass is 141 g/mol. The fourth-order valence-electron chi connectivity index (χ4n) is 0.479. The summed E-state index contributed by atoms with van der Waals surface area (Å²) < 4.78 is 4.93. The third kappa shape index (κ3) is 5.35. The van der Waals surface area contributed by atoms with Gasteiger partial charge in [0, 0.05) is 0 Å². The predicted molar refractivity (Wildman–Crippen MR) is 39.3 cm³/mol. The average molecular weight is 141 g/mol. The van der Waals surface area contributed by atoms with Crippen LogP contribution in [0.4, 0.5) is 0 Å². The Morgan fingerprint density at radius 2 is 2.10 bits per heavy atom. The van der Waals surface area contributed by atoms with E-state index < -0.39 is 5.60 Å². The lowest BCUT2D eigenvalue weighted by molar-refractivity contribution is -0.153. The largest absolute Gasteiger partial charge is 0.460 e. The van der Waals surface area contributed by atoms with Gasteiger partial charge in [-0.3, -0.25) is 4.79 Å². The van der Waals surface area contributed by atoms with Crippen molar-refractivity contribution in [2.24, 2.45) is 0 Å². The molecule has 0 aromatic carbocycles. The first-order valence-corrected chi connectivity index (χ1v) is 3.21. The van der Waals surface area contributed by atoms with E-state index in [1.165, 1.54) is 6.08 Å². The van der Waals surface area contributed by atoms with Gasteiger partial charge in [0.2, 0.25) is 0 Å². The van der Waals surface area contributed by atoms with Crippen molar-refractivity contribution in [1.82, 2.24) is 0 Å². The van der Waals surface area contributed by atoms with Gasteiger partial charge in [-0.05, 0) is 20.8 Å². The lowest BCUT2D eigenvalue weighted by Crippen LogP contribution is -2.23. The van der Waals surface area contributed by atoms with Crippen molar-refractivity contribution in [3.8, 4) is 0 Å². The molecule has 10 heavy (non-hydrogen) atoms. The molecule has 0 aliphatic rings. The van der Waals surface area contributed by atoms with Gasteiger partial charge in [-0.1, -0.05) is 12.7 Å². The second-order valence-electron chi connectivity index (χ2n) is 3.03. The third-order valence-corrected chi connectivity index (χ3v) is 0.705. The highest BCUT2D eigenvalue weighted by molar-refractivity contribution is 5.71. The van der Waals surface area contributed by atoms with Crippen molar-refractivity contribution in [3.05, 3.63) is 12.7 Å². The molecule has 0 N–H and O–H groups in total. The number of rotatable bonds is 2. The summed E-state index contributed by atoms with van der Waals surface area (Å²) in [5, 5.41) is 0. The molecule has 0 atom stereocenters. The maximum absolute atomic E-state index is 10.7. The van der Waals surface area contributed by atoms with E-state index in [4.69, 9.17) is 11.3 Å². The van der Waals surface area contributed by atoms with Crippen LogP contribution in [0.5, 0.6) is 0 Å². The lowest BCUT2D eigenvalue weighted by atomic mass is 10.2. The van der Waals surface area contributed by atoms with Crippen molar-refractivity contribution < 1.29 is 9.53 Å². The van der Waals surface area contributed by atoms with Gasteiger partial charge in [0.05, 0.1) is 6.42 Å². The Labute approximate surface area is 61.9 Å². The Kier molecular flexibility index (Phi) is 3.13. The Bertz CT molecular complexity index is 131. The number of carbonyl (C=O) groups excluding carboxylic acids is 1. The van der Waals surface area contributed by atoms with E-state index in [9.17, 15) is 4.79 Å². The summed E-state index contributed by atoms with van der Waals surface area (Å²) in [5.74, 6) is -0.282. The smallest absolute Gasteiger partial charge is 0.310 e. The molecule has 1 radical (unpaired) electrons. The summed E-state index contributed by atoms with van der Waals surface area (Å²) in [6.45, 7) is 10.5. The SMILES string of the molecule is [CH]=CCC(=O)OC(C)(C)C. The number of esters is 1. The molecule has 2 heteroatoms. The van der Waals surface area contributed by atoms with E-state index in [0.29, 0.717) is 0 Å². The van der Waals surface area contributed by atoms with Crippen LogP contribution < -0.4 is 0 Å². The minimum Gasteiger partial charge on any atom is -0.460 e. The first-order chi connectivity index (χ1) is 4.45. The summed E-state index contributed by atoms with van der Waals surface area (Å²) in [5.41, 5.74) is -0.403. The van der Waals surface area contributed by atoms with Gasteiger partial charge in [-0.25, -0.2) is 0 Å². The van der Waals surface area contributed by atoms with E-state index in [0.717, 1.165) is 0 Å². The second kappa shape index (κ2) is 3.40. The van der Waals surface area contributed by atoms with Crippen LogP contribution in [0.15, 0.2) is 6.08 Å². The molecule has 57 valence electrons. The van der Waals surface area contributed by atoms with Crippen LogP contribution in [0.3, 0.4) is 0 Å². The quantitative estimate of drug-likeness (QED) is 0.547. The van der Waals surface area contributed by atoms with Gasteiger partial charge in [0.1, 0.15) is 5.60 Å². The van der Waals surface area contributed by atoms with Crippen LogP contribution in [-0.2, 0) is 9.53 Å². The minimum atomic E-state index is -0.403. The zero-order valence-electron chi connectivity index (χ0n) is 6.68. The molecule has 0 bridgehead atoms. The van der Waals surface area contributed by atoms with Crippen LogP contribution in [0.1, 0.15) is 27.2 Å². The van der Waals surface area contributed by atoms with Crippen LogP contribution in [0.2, 0.25) is 0 Å². The molecule has 0 aromatic heterocycles. The number of hydrogen-bond donors (Lipinski definition) is 0. The van der Waals surface area contributed by atoms with Gasteiger partial charge >= 0.3 is 5.97 Å². The molecule has 0 saturated heterocycles. The fraction of sp³-hybridized carbons (Fsp3) is 0.625. The van der Waals surface area contributed by atoms with Crippen molar-refractivity contribution in [1.29, 1.82) is 0 Å².